The third-order valence-corrected chi connectivity index (χ3v) is 4.73. The largest absolute Gasteiger partial charge is 0.398 e. The van der Waals surface area contributed by atoms with E-state index in [1.807, 2.05) is 54.6 Å². The van der Waals surface area contributed by atoms with Gasteiger partial charge in [0.1, 0.15) is 5.82 Å². The van der Waals surface area contributed by atoms with Crippen molar-refractivity contribution in [2.24, 2.45) is 0 Å². The Morgan fingerprint density at radius 2 is 1.58 bits per heavy atom. The summed E-state index contributed by atoms with van der Waals surface area (Å²) in [5.74, 6) is 1.23. The maximum absolute atomic E-state index is 6.13. The zero-order valence-electron chi connectivity index (χ0n) is 13.6. The van der Waals surface area contributed by atoms with Crippen molar-refractivity contribution in [1.29, 1.82) is 0 Å². The number of nitrogens with one attached hydrogen (secondary N) is 1. The lowest BCUT2D eigenvalue weighted by Gasteiger charge is -2.12. The molecule has 1 heterocycles. The Labute approximate surface area is 160 Å². The first-order chi connectivity index (χ1) is 12.6. The van der Waals surface area contributed by atoms with Crippen molar-refractivity contribution < 1.29 is 0 Å². The molecule has 3 N–H and O–H groups in total. The first-order valence-electron chi connectivity index (χ1n) is 7.95. The van der Waals surface area contributed by atoms with E-state index in [9.17, 15) is 0 Å². The maximum atomic E-state index is 6.13. The highest BCUT2D eigenvalue weighted by Gasteiger charge is 2.12. The lowest BCUT2D eigenvalue weighted by Crippen LogP contribution is -2.01. The standard InChI is InChI=1S/C20H14Cl2N4/c21-15-10-9-12(11-16(15)22)24-20-14-6-2-4-8-18(14)25-19(26-20)13-5-1-3-7-17(13)23/h1-11H,23H2,(H,24,25,26). The van der Waals surface area contributed by atoms with Crippen LogP contribution in [0.2, 0.25) is 10.0 Å². The Morgan fingerprint density at radius 1 is 0.808 bits per heavy atom. The van der Waals surface area contributed by atoms with E-state index >= 15 is 0 Å². The monoisotopic (exact) mass is 380 g/mol. The van der Waals surface area contributed by atoms with Crippen molar-refractivity contribution in [2.45, 2.75) is 0 Å². The summed E-state index contributed by atoms with van der Waals surface area (Å²) in [5.41, 5.74) is 9.13. The van der Waals surface area contributed by atoms with E-state index in [2.05, 4.69) is 10.3 Å². The number of benzene rings is 3. The number of rotatable bonds is 3. The number of hydrogen-bond donors (Lipinski definition) is 2. The lowest BCUT2D eigenvalue weighted by atomic mass is 10.1. The van der Waals surface area contributed by atoms with Gasteiger partial charge in [0.2, 0.25) is 0 Å². The molecule has 0 aliphatic rings. The molecule has 0 fully saturated rings. The quantitative estimate of drug-likeness (QED) is 0.432. The molecule has 0 unspecified atom stereocenters. The summed E-state index contributed by atoms with van der Waals surface area (Å²) in [7, 11) is 0. The Morgan fingerprint density at radius 3 is 2.38 bits per heavy atom. The Hall–Kier alpha value is -2.82. The van der Waals surface area contributed by atoms with Gasteiger partial charge in [-0.3, -0.25) is 0 Å². The summed E-state index contributed by atoms with van der Waals surface area (Å²) in [6, 6.07) is 20.7. The summed E-state index contributed by atoms with van der Waals surface area (Å²) in [6.07, 6.45) is 0. The molecule has 0 radical (unpaired) electrons. The van der Waals surface area contributed by atoms with Crippen molar-refractivity contribution in [2.75, 3.05) is 11.1 Å². The fraction of sp³-hybridized carbons (Fsp3) is 0. The van der Waals surface area contributed by atoms with Crippen molar-refractivity contribution >= 4 is 51.3 Å². The van der Waals surface area contributed by atoms with Gasteiger partial charge in [0.25, 0.3) is 0 Å². The van der Waals surface area contributed by atoms with Crippen molar-refractivity contribution in [3.05, 3.63) is 76.8 Å². The van der Waals surface area contributed by atoms with Gasteiger partial charge >= 0.3 is 0 Å². The van der Waals surface area contributed by atoms with E-state index in [4.69, 9.17) is 33.9 Å². The second-order valence-electron chi connectivity index (χ2n) is 5.75. The van der Waals surface area contributed by atoms with E-state index in [0.717, 1.165) is 22.2 Å². The first kappa shape index (κ1) is 16.6. The molecule has 6 heteroatoms. The number of anilines is 3. The van der Waals surface area contributed by atoms with E-state index in [0.29, 0.717) is 27.4 Å². The Balaban J connectivity index is 1.87. The average molecular weight is 381 g/mol. The van der Waals surface area contributed by atoms with Crippen LogP contribution in [-0.4, -0.2) is 9.97 Å². The van der Waals surface area contributed by atoms with Crippen molar-refractivity contribution in [3.63, 3.8) is 0 Å². The van der Waals surface area contributed by atoms with Crippen molar-refractivity contribution in [3.8, 4) is 11.4 Å². The van der Waals surface area contributed by atoms with Gasteiger partial charge in [0, 0.05) is 22.3 Å². The van der Waals surface area contributed by atoms with Crippen LogP contribution in [0.3, 0.4) is 0 Å². The van der Waals surface area contributed by atoms with Gasteiger partial charge in [-0.2, -0.15) is 0 Å². The second-order valence-corrected chi connectivity index (χ2v) is 6.57. The summed E-state index contributed by atoms with van der Waals surface area (Å²) >= 11 is 12.1. The van der Waals surface area contributed by atoms with Crippen LogP contribution < -0.4 is 11.1 Å². The number of hydrogen-bond acceptors (Lipinski definition) is 4. The van der Waals surface area contributed by atoms with Crippen LogP contribution >= 0.6 is 23.2 Å². The third kappa shape index (κ3) is 3.17. The molecular formula is C20H14Cl2N4. The molecule has 4 rings (SSSR count). The fourth-order valence-corrected chi connectivity index (χ4v) is 3.00. The number of halogens is 2. The molecule has 0 saturated carbocycles. The minimum absolute atomic E-state index is 0.475. The van der Waals surface area contributed by atoms with Gasteiger partial charge in [-0.05, 0) is 42.5 Å². The normalized spacial score (nSPS) is 10.8. The summed E-state index contributed by atoms with van der Waals surface area (Å²) < 4.78 is 0. The number of nitrogens with two attached hydrogens (primary N) is 1. The fourth-order valence-electron chi connectivity index (χ4n) is 2.70. The molecule has 0 aliphatic heterocycles. The zero-order valence-corrected chi connectivity index (χ0v) is 15.1. The van der Waals surface area contributed by atoms with Crippen LogP contribution in [0.4, 0.5) is 17.2 Å². The highest BCUT2D eigenvalue weighted by Crippen LogP contribution is 2.31. The van der Waals surface area contributed by atoms with Gasteiger partial charge < -0.3 is 11.1 Å². The predicted octanol–water partition coefficient (Wildman–Crippen LogP) is 5.93. The highest BCUT2D eigenvalue weighted by molar-refractivity contribution is 6.42. The van der Waals surface area contributed by atoms with Gasteiger partial charge in [-0.15, -0.1) is 0 Å². The van der Waals surface area contributed by atoms with Gasteiger partial charge in [0.15, 0.2) is 5.82 Å². The SMILES string of the molecule is Nc1ccccc1-c1nc(Nc2ccc(Cl)c(Cl)c2)c2ccccc2n1. The number of nitrogens with zero attached hydrogens (tertiary/aromatic N) is 2. The molecule has 1 aromatic heterocycles. The molecule has 0 bridgehead atoms. The van der Waals surface area contributed by atoms with Gasteiger partial charge in [-0.1, -0.05) is 47.5 Å². The molecule has 0 saturated heterocycles. The topological polar surface area (TPSA) is 63.8 Å². The van der Waals surface area contributed by atoms with E-state index in [1.165, 1.54) is 0 Å². The lowest BCUT2D eigenvalue weighted by molar-refractivity contribution is 1.22. The summed E-state index contributed by atoms with van der Waals surface area (Å²) in [6.45, 7) is 0. The van der Waals surface area contributed by atoms with Crippen LogP contribution in [-0.2, 0) is 0 Å². The number of para-hydroxylation sites is 2. The van der Waals surface area contributed by atoms with Crippen molar-refractivity contribution in [1.82, 2.24) is 9.97 Å². The minimum Gasteiger partial charge on any atom is -0.398 e. The highest BCUT2D eigenvalue weighted by atomic mass is 35.5. The minimum atomic E-state index is 0.475. The molecule has 0 amide bonds. The van der Waals surface area contributed by atoms with Crippen LogP contribution in [0.25, 0.3) is 22.3 Å². The molecular weight excluding hydrogens is 367 g/mol. The predicted molar refractivity (Wildman–Crippen MR) is 109 cm³/mol. The summed E-state index contributed by atoms with van der Waals surface area (Å²) in [4.78, 5) is 9.36. The number of aromatic nitrogens is 2. The molecule has 3 aromatic carbocycles. The van der Waals surface area contributed by atoms with Crippen LogP contribution in [0, 0.1) is 0 Å². The molecule has 4 aromatic rings. The van der Waals surface area contributed by atoms with E-state index in [1.54, 1.807) is 12.1 Å². The van der Waals surface area contributed by atoms with Gasteiger partial charge in [0.05, 0.1) is 15.6 Å². The third-order valence-electron chi connectivity index (χ3n) is 3.99. The van der Waals surface area contributed by atoms with E-state index in [-0.39, 0.29) is 0 Å². The maximum Gasteiger partial charge on any atom is 0.164 e. The molecule has 0 aliphatic carbocycles. The molecule has 4 nitrogen and oxygen atoms in total. The smallest absolute Gasteiger partial charge is 0.164 e. The van der Waals surface area contributed by atoms with Gasteiger partial charge in [-0.25, -0.2) is 9.97 Å². The zero-order chi connectivity index (χ0) is 18.1. The molecule has 0 spiro atoms. The number of nitrogen functional groups attached to an aromatic ring is 1. The molecule has 0 atom stereocenters. The molecule has 26 heavy (non-hydrogen) atoms. The van der Waals surface area contributed by atoms with Crippen LogP contribution in [0.5, 0.6) is 0 Å². The Kier molecular flexibility index (Phi) is 4.37. The van der Waals surface area contributed by atoms with E-state index < -0.39 is 0 Å². The first-order valence-corrected chi connectivity index (χ1v) is 8.71. The molecule has 128 valence electrons. The Bertz CT molecular complexity index is 1110. The summed E-state index contributed by atoms with van der Waals surface area (Å²) in [5, 5.41) is 5.19. The second kappa shape index (κ2) is 6.83. The van der Waals surface area contributed by atoms with Crippen LogP contribution in [0.15, 0.2) is 66.7 Å². The van der Waals surface area contributed by atoms with Crippen LogP contribution in [0.1, 0.15) is 0 Å². The average Bonchev–Trinajstić information content (AvgIpc) is 2.65. The number of fused-ring (bicyclic) bond motifs is 1.